The van der Waals surface area contributed by atoms with Gasteiger partial charge in [0.25, 0.3) is 0 Å². The summed E-state index contributed by atoms with van der Waals surface area (Å²) in [5, 5.41) is 5.43. The fourth-order valence-corrected chi connectivity index (χ4v) is 2.13. The molecule has 19 heavy (non-hydrogen) atoms. The van der Waals surface area contributed by atoms with Crippen LogP contribution in [-0.4, -0.2) is 26.9 Å². The highest BCUT2D eigenvalue weighted by atomic mass is 35.5. The lowest BCUT2D eigenvalue weighted by Gasteiger charge is -2.09. The topological polar surface area (TPSA) is 52.8 Å². The average Bonchev–Trinajstić information content (AvgIpc) is 2.84. The smallest absolute Gasteiger partial charge is 0.167 e. The van der Waals surface area contributed by atoms with E-state index in [-0.39, 0.29) is 0 Å². The molecule has 0 saturated heterocycles. The fraction of sp³-hybridized carbons (Fsp3) is 0.154. The second-order valence-electron chi connectivity index (χ2n) is 4.13. The van der Waals surface area contributed by atoms with Gasteiger partial charge in [-0.15, -0.1) is 0 Å². The average molecular weight is 275 g/mol. The number of benzene rings is 1. The number of halogens is 1. The monoisotopic (exact) mass is 274 g/mol. The quantitative estimate of drug-likeness (QED) is 0.674. The van der Waals surface area contributed by atoms with Crippen molar-refractivity contribution in [1.29, 1.82) is 0 Å². The van der Waals surface area contributed by atoms with Crippen LogP contribution in [0.1, 0.15) is 5.56 Å². The summed E-state index contributed by atoms with van der Waals surface area (Å²) in [5.74, 6) is 0.727. The first-order valence-electron chi connectivity index (χ1n) is 5.70. The van der Waals surface area contributed by atoms with E-state index in [9.17, 15) is 0 Å². The third-order valence-corrected chi connectivity index (χ3v) is 3.18. The highest BCUT2D eigenvalue weighted by Gasteiger charge is 2.13. The predicted molar refractivity (Wildman–Crippen MR) is 73.0 cm³/mol. The molecule has 0 bridgehead atoms. The Labute approximate surface area is 114 Å². The Morgan fingerprint density at radius 2 is 2.11 bits per heavy atom. The largest absolute Gasteiger partial charge is 0.494 e. The van der Waals surface area contributed by atoms with Crippen molar-refractivity contribution in [1.82, 2.24) is 19.7 Å². The molecule has 3 aromatic rings. The number of methoxy groups -OCH3 is 1. The SMILES string of the molecule is COc1ccc(C)cc1-n1ncc2c(Cl)ncnc21. The van der Waals surface area contributed by atoms with Gasteiger partial charge in [0.1, 0.15) is 22.9 Å². The van der Waals surface area contributed by atoms with E-state index in [0.717, 1.165) is 17.0 Å². The summed E-state index contributed by atoms with van der Waals surface area (Å²) in [6, 6.07) is 5.87. The van der Waals surface area contributed by atoms with Gasteiger partial charge in [-0.1, -0.05) is 17.7 Å². The van der Waals surface area contributed by atoms with Gasteiger partial charge in [0.2, 0.25) is 0 Å². The molecule has 0 saturated carbocycles. The maximum Gasteiger partial charge on any atom is 0.167 e. The van der Waals surface area contributed by atoms with E-state index in [4.69, 9.17) is 16.3 Å². The summed E-state index contributed by atoms with van der Waals surface area (Å²) >= 11 is 6.03. The van der Waals surface area contributed by atoms with E-state index in [1.165, 1.54) is 6.33 Å². The maximum atomic E-state index is 6.03. The van der Waals surface area contributed by atoms with Crippen LogP contribution >= 0.6 is 11.6 Å². The second kappa shape index (κ2) is 4.51. The summed E-state index contributed by atoms with van der Waals surface area (Å²) in [4.78, 5) is 8.18. The van der Waals surface area contributed by atoms with Crippen LogP contribution in [0.15, 0.2) is 30.7 Å². The minimum absolute atomic E-state index is 0.392. The molecule has 0 fully saturated rings. The molecule has 0 aliphatic carbocycles. The Morgan fingerprint density at radius 3 is 2.89 bits per heavy atom. The molecule has 6 heteroatoms. The predicted octanol–water partition coefficient (Wildman–Crippen LogP) is 2.79. The first kappa shape index (κ1) is 11.9. The molecule has 5 nitrogen and oxygen atoms in total. The van der Waals surface area contributed by atoms with Crippen molar-refractivity contribution >= 4 is 22.6 Å². The summed E-state index contributed by atoms with van der Waals surface area (Å²) < 4.78 is 7.07. The molecule has 0 N–H and O–H groups in total. The van der Waals surface area contributed by atoms with E-state index < -0.39 is 0 Å². The van der Waals surface area contributed by atoms with Gasteiger partial charge in [0.15, 0.2) is 5.65 Å². The molecule has 0 spiro atoms. The third-order valence-electron chi connectivity index (χ3n) is 2.88. The van der Waals surface area contributed by atoms with Gasteiger partial charge in [-0.2, -0.15) is 5.10 Å². The molecular formula is C13H11ClN4O. The second-order valence-corrected chi connectivity index (χ2v) is 4.49. The lowest BCUT2D eigenvalue weighted by molar-refractivity contribution is 0.412. The molecular weight excluding hydrogens is 264 g/mol. The van der Waals surface area contributed by atoms with Gasteiger partial charge in [-0.25, -0.2) is 14.6 Å². The van der Waals surface area contributed by atoms with Crippen molar-refractivity contribution in [3.05, 3.63) is 41.4 Å². The normalized spacial score (nSPS) is 10.9. The zero-order valence-electron chi connectivity index (χ0n) is 10.5. The summed E-state index contributed by atoms with van der Waals surface area (Å²) in [6.45, 7) is 2.01. The van der Waals surface area contributed by atoms with Gasteiger partial charge in [-0.3, -0.25) is 0 Å². The van der Waals surface area contributed by atoms with Crippen LogP contribution in [-0.2, 0) is 0 Å². The number of aryl methyl sites for hydroxylation is 1. The zero-order valence-corrected chi connectivity index (χ0v) is 11.2. The Morgan fingerprint density at radius 1 is 1.26 bits per heavy atom. The molecule has 2 aromatic heterocycles. The minimum Gasteiger partial charge on any atom is -0.494 e. The van der Waals surface area contributed by atoms with Crippen molar-refractivity contribution in [2.45, 2.75) is 6.92 Å². The van der Waals surface area contributed by atoms with Crippen LogP contribution in [0.4, 0.5) is 0 Å². The molecule has 1 aromatic carbocycles. The van der Waals surface area contributed by atoms with E-state index >= 15 is 0 Å². The van der Waals surface area contributed by atoms with Crippen molar-refractivity contribution in [2.24, 2.45) is 0 Å². The third kappa shape index (κ3) is 1.92. The summed E-state index contributed by atoms with van der Waals surface area (Å²) in [6.07, 6.45) is 3.07. The fourth-order valence-electron chi connectivity index (χ4n) is 1.96. The molecule has 2 heterocycles. The first-order chi connectivity index (χ1) is 9.20. The van der Waals surface area contributed by atoms with Gasteiger partial charge < -0.3 is 4.74 Å². The van der Waals surface area contributed by atoms with Crippen molar-refractivity contribution in [3.63, 3.8) is 0 Å². The van der Waals surface area contributed by atoms with Crippen LogP contribution in [0.25, 0.3) is 16.7 Å². The zero-order chi connectivity index (χ0) is 13.4. The lowest BCUT2D eigenvalue weighted by Crippen LogP contribution is -2.01. The van der Waals surface area contributed by atoms with E-state index in [2.05, 4.69) is 15.1 Å². The molecule has 96 valence electrons. The van der Waals surface area contributed by atoms with Gasteiger partial charge in [0.05, 0.1) is 18.7 Å². The van der Waals surface area contributed by atoms with Crippen molar-refractivity contribution in [2.75, 3.05) is 7.11 Å². The van der Waals surface area contributed by atoms with Crippen molar-refractivity contribution < 1.29 is 4.74 Å². The molecule has 0 unspecified atom stereocenters. The highest BCUT2D eigenvalue weighted by molar-refractivity contribution is 6.33. The Kier molecular flexibility index (Phi) is 2.83. The van der Waals surface area contributed by atoms with Gasteiger partial charge in [0, 0.05) is 0 Å². The Balaban J connectivity index is 2.30. The summed E-state index contributed by atoms with van der Waals surface area (Å²) in [7, 11) is 1.63. The number of hydrogen-bond donors (Lipinski definition) is 0. The Hall–Kier alpha value is -2.14. The molecule has 0 amide bonds. The van der Waals surface area contributed by atoms with Crippen molar-refractivity contribution in [3.8, 4) is 11.4 Å². The lowest BCUT2D eigenvalue weighted by atomic mass is 10.2. The van der Waals surface area contributed by atoms with Crippen LogP contribution in [0, 0.1) is 6.92 Å². The number of hydrogen-bond acceptors (Lipinski definition) is 4. The summed E-state index contributed by atoms with van der Waals surface area (Å²) in [5.41, 5.74) is 2.59. The van der Waals surface area contributed by atoms with E-state index in [1.54, 1.807) is 18.0 Å². The molecule has 0 aliphatic heterocycles. The minimum atomic E-state index is 0.392. The van der Waals surface area contributed by atoms with Crippen LogP contribution in [0.3, 0.4) is 0 Å². The number of aromatic nitrogens is 4. The molecule has 0 radical (unpaired) electrons. The molecule has 0 atom stereocenters. The van der Waals surface area contributed by atoms with Crippen LogP contribution in [0.2, 0.25) is 5.15 Å². The van der Waals surface area contributed by atoms with Crippen LogP contribution in [0.5, 0.6) is 5.75 Å². The molecule has 0 aliphatic rings. The number of nitrogens with zero attached hydrogens (tertiary/aromatic N) is 4. The first-order valence-corrected chi connectivity index (χ1v) is 6.08. The van der Waals surface area contributed by atoms with Crippen LogP contribution < -0.4 is 4.74 Å². The standard InChI is InChI=1S/C13H11ClN4O/c1-8-3-4-11(19-2)10(5-8)18-13-9(6-17-18)12(14)15-7-16-13/h3-7H,1-2H3. The number of ether oxygens (including phenoxy) is 1. The number of rotatable bonds is 2. The molecule has 3 rings (SSSR count). The highest BCUT2D eigenvalue weighted by Crippen LogP contribution is 2.27. The van der Waals surface area contributed by atoms with Gasteiger partial charge >= 0.3 is 0 Å². The van der Waals surface area contributed by atoms with Gasteiger partial charge in [-0.05, 0) is 24.6 Å². The number of fused-ring (bicyclic) bond motifs is 1. The van der Waals surface area contributed by atoms with E-state index in [1.807, 2.05) is 25.1 Å². The Bertz CT molecular complexity index is 753. The van der Waals surface area contributed by atoms with E-state index in [0.29, 0.717) is 16.2 Å². The maximum absolute atomic E-state index is 6.03.